The summed E-state index contributed by atoms with van der Waals surface area (Å²) in [6, 6.07) is 4.75. The van der Waals surface area contributed by atoms with Crippen LogP contribution in [0.5, 0.6) is 5.75 Å². The fourth-order valence-corrected chi connectivity index (χ4v) is 7.05. The topological polar surface area (TPSA) is 89.9 Å². The zero-order valence-electron chi connectivity index (χ0n) is 16.4. The molecule has 3 fully saturated rings. The molecule has 6 atom stereocenters. The number of hydrogen-bond donors (Lipinski definition) is 3. The van der Waals surface area contributed by atoms with Gasteiger partial charge in [-0.25, -0.2) is 0 Å². The molecule has 1 saturated heterocycles. The number of amides is 1. The molecule has 4 aliphatic rings. The number of phenols is 1. The number of ketones is 1. The fourth-order valence-electron chi connectivity index (χ4n) is 7.05. The molecular formula is C22H28N2O4. The molecule has 3 unspecified atom stereocenters. The Morgan fingerprint density at radius 2 is 2.18 bits per heavy atom. The Labute approximate surface area is 164 Å². The van der Waals surface area contributed by atoms with Gasteiger partial charge in [0, 0.05) is 37.3 Å². The van der Waals surface area contributed by atoms with Crippen molar-refractivity contribution in [3.05, 3.63) is 29.3 Å². The smallest absolute Gasteiger partial charge is 0.220 e. The molecule has 3 N–H and O–H groups in total. The first-order chi connectivity index (χ1) is 13.3. The number of fused-ring (bicyclic) bond motifs is 3. The molecule has 1 aliphatic heterocycles. The first-order valence-corrected chi connectivity index (χ1v) is 10.4. The third-order valence-corrected chi connectivity index (χ3v) is 8.13. The number of nitrogens with zero attached hydrogens (tertiary/aromatic N) is 1. The maximum atomic E-state index is 13.2. The average Bonchev–Trinajstić information content (AvgIpc) is 2.90. The highest BCUT2D eigenvalue weighted by Crippen LogP contribution is 2.66. The Morgan fingerprint density at radius 3 is 2.93 bits per heavy atom. The molecule has 0 radical (unpaired) electrons. The van der Waals surface area contributed by atoms with Gasteiger partial charge in [0.15, 0.2) is 5.78 Å². The first-order valence-electron chi connectivity index (χ1n) is 10.4. The number of likely N-dealkylation sites (N-methyl/N-ethyl adjacent to an activating group) is 1. The van der Waals surface area contributed by atoms with Gasteiger partial charge in [-0.05, 0) is 55.0 Å². The van der Waals surface area contributed by atoms with E-state index in [-0.39, 0.29) is 42.2 Å². The van der Waals surface area contributed by atoms with Gasteiger partial charge in [-0.3, -0.25) is 9.59 Å². The van der Waals surface area contributed by atoms with Crippen LogP contribution in [0, 0.1) is 11.8 Å². The van der Waals surface area contributed by atoms with Crippen molar-refractivity contribution >= 4 is 11.7 Å². The maximum Gasteiger partial charge on any atom is 0.220 e. The summed E-state index contributed by atoms with van der Waals surface area (Å²) in [5.41, 5.74) is 0.299. The van der Waals surface area contributed by atoms with E-state index in [1.807, 2.05) is 6.07 Å². The van der Waals surface area contributed by atoms with Gasteiger partial charge in [-0.15, -0.1) is 0 Å². The van der Waals surface area contributed by atoms with E-state index in [1.165, 1.54) is 0 Å². The minimum Gasteiger partial charge on any atom is -0.508 e. The van der Waals surface area contributed by atoms with Crippen LogP contribution in [0.3, 0.4) is 0 Å². The second-order valence-electron chi connectivity index (χ2n) is 9.32. The second kappa shape index (κ2) is 5.80. The van der Waals surface area contributed by atoms with Crippen LogP contribution in [0.1, 0.15) is 43.7 Å². The van der Waals surface area contributed by atoms with E-state index in [0.717, 1.165) is 30.5 Å². The van der Waals surface area contributed by atoms with Crippen LogP contribution < -0.4 is 5.32 Å². The third-order valence-electron chi connectivity index (χ3n) is 8.13. The summed E-state index contributed by atoms with van der Waals surface area (Å²) in [6.45, 7) is 2.67. The summed E-state index contributed by atoms with van der Waals surface area (Å²) in [5.74, 6) is 0.627. The summed E-state index contributed by atoms with van der Waals surface area (Å²) in [6.07, 6.45) is 2.55. The molecule has 6 heteroatoms. The second-order valence-corrected chi connectivity index (χ2v) is 9.32. The predicted octanol–water partition coefficient (Wildman–Crippen LogP) is 1.12. The van der Waals surface area contributed by atoms with Crippen LogP contribution >= 0.6 is 0 Å². The van der Waals surface area contributed by atoms with Crippen LogP contribution in [0.4, 0.5) is 0 Å². The van der Waals surface area contributed by atoms with Crippen LogP contribution in [0.2, 0.25) is 0 Å². The maximum absolute atomic E-state index is 13.2. The van der Waals surface area contributed by atoms with Gasteiger partial charge in [0.2, 0.25) is 5.91 Å². The quantitative estimate of drug-likeness (QED) is 0.711. The summed E-state index contributed by atoms with van der Waals surface area (Å²) in [5, 5.41) is 25.3. The number of benzene rings is 1. The number of Topliss-reactive ketones (excluding diaryl/α,β-unsaturated/α-hetero) is 1. The zero-order valence-corrected chi connectivity index (χ0v) is 16.4. The van der Waals surface area contributed by atoms with Gasteiger partial charge in [0.05, 0.1) is 11.6 Å². The summed E-state index contributed by atoms with van der Waals surface area (Å²) < 4.78 is 0. The van der Waals surface area contributed by atoms with Gasteiger partial charge >= 0.3 is 0 Å². The molecule has 28 heavy (non-hydrogen) atoms. The highest BCUT2D eigenvalue weighted by atomic mass is 16.3. The van der Waals surface area contributed by atoms with Crippen LogP contribution in [0.25, 0.3) is 0 Å². The standard InChI is InChI=1S/C22H28N2O4/c1-3-20(27)23-17-9-22(28)19-8-16-13(11-24(19)2)6-12-4-5-14(25)7-15(12)21(16,22)10-18(17)26/h4-5,7,13,16-17,19,25,28H,3,6,8-11H2,1-2H3,(H,23,27)/t13?,16?,17-,19+,21?,22+/m0/s1. The van der Waals surface area contributed by atoms with E-state index in [1.54, 1.807) is 19.1 Å². The number of carbonyl (C=O) groups is 2. The average molecular weight is 384 g/mol. The Bertz CT molecular complexity index is 870. The summed E-state index contributed by atoms with van der Waals surface area (Å²) >= 11 is 0. The van der Waals surface area contributed by atoms with Crippen LogP contribution in [-0.4, -0.2) is 58.1 Å². The van der Waals surface area contributed by atoms with Crippen molar-refractivity contribution in [1.82, 2.24) is 10.2 Å². The number of piperidine rings is 1. The van der Waals surface area contributed by atoms with Crippen LogP contribution in [0.15, 0.2) is 18.2 Å². The van der Waals surface area contributed by atoms with Crippen molar-refractivity contribution in [1.29, 1.82) is 0 Å². The molecule has 1 aromatic carbocycles. The summed E-state index contributed by atoms with van der Waals surface area (Å²) in [7, 11) is 2.06. The minimum atomic E-state index is -1.11. The molecule has 3 aliphatic carbocycles. The molecule has 1 amide bonds. The van der Waals surface area contributed by atoms with E-state index < -0.39 is 17.1 Å². The van der Waals surface area contributed by atoms with Crippen molar-refractivity contribution < 1.29 is 19.8 Å². The lowest BCUT2D eigenvalue weighted by Crippen LogP contribution is -2.66. The molecular weight excluding hydrogens is 356 g/mol. The molecule has 150 valence electrons. The van der Waals surface area contributed by atoms with E-state index in [0.29, 0.717) is 12.3 Å². The van der Waals surface area contributed by atoms with Crippen molar-refractivity contribution in [2.45, 2.75) is 62.1 Å². The number of carbonyl (C=O) groups excluding carboxylic acids is 2. The third kappa shape index (κ3) is 2.10. The van der Waals surface area contributed by atoms with Crippen molar-refractivity contribution in [3.8, 4) is 5.75 Å². The molecule has 5 rings (SSSR count). The lowest BCUT2D eigenvalue weighted by Gasteiger charge is -2.54. The molecule has 1 aromatic rings. The SMILES string of the molecule is CCC(=O)N[C@H]1C[C@@]2(O)[C@H]3CC4C(Cc5ccc(O)cc5C42CC1=O)CN3C. The number of aliphatic hydroxyl groups is 1. The van der Waals surface area contributed by atoms with Crippen molar-refractivity contribution in [3.63, 3.8) is 0 Å². The molecule has 0 aromatic heterocycles. The highest BCUT2D eigenvalue weighted by Gasteiger charge is 2.73. The Kier molecular flexibility index (Phi) is 3.75. The number of aromatic hydroxyl groups is 1. The van der Waals surface area contributed by atoms with Gasteiger partial charge < -0.3 is 20.4 Å². The van der Waals surface area contributed by atoms with Gasteiger partial charge in [-0.2, -0.15) is 0 Å². The molecule has 6 nitrogen and oxygen atoms in total. The number of likely N-dealkylation sites (tertiary alicyclic amines) is 1. The van der Waals surface area contributed by atoms with E-state index >= 15 is 0 Å². The molecule has 2 saturated carbocycles. The van der Waals surface area contributed by atoms with Crippen molar-refractivity contribution in [2.24, 2.45) is 11.8 Å². The zero-order chi connectivity index (χ0) is 19.8. The Hall–Kier alpha value is -1.92. The first kappa shape index (κ1) is 18.1. The normalized spacial score (nSPS) is 41.3. The molecule has 1 heterocycles. The Morgan fingerprint density at radius 1 is 1.39 bits per heavy atom. The van der Waals surface area contributed by atoms with Gasteiger partial charge in [-0.1, -0.05) is 13.0 Å². The van der Waals surface area contributed by atoms with E-state index in [9.17, 15) is 19.8 Å². The monoisotopic (exact) mass is 384 g/mol. The lowest BCUT2D eigenvalue weighted by atomic mass is 9.51. The number of rotatable bonds is 2. The van der Waals surface area contributed by atoms with Gasteiger partial charge in [0.25, 0.3) is 0 Å². The van der Waals surface area contributed by atoms with E-state index in [2.05, 4.69) is 17.3 Å². The molecule has 1 spiro atoms. The van der Waals surface area contributed by atoms with Crippen molar-refractivity contribution in [2.75, 3.05) is 13.6 Å². The fraction of sp³-hybridized carbons (Fsp3) is 0.636. The number of nitrogens with one attached hydrogen (secondary N) is 1. The minimum absolute atomic E-state index is 0.00313. The van der Waals surface area contributed by atoms with Crippen LogP contribution in [-0.2, 0) is 21.4 Å². The lowest BCUT2D eigenvalue weighted by molar-refractivity contribution is -0.145. The Balaban J connectivity index is 1.68. The summed E-state index contributed by atoms with van der Waals surface area (Å²) in [4.78, 5) is 27.4. The number of hydrogen-bond acceptors (Lipinski definition) is 5. The predicted molar refractivity (Wildman–Crippen MR) is 103 cm³/mol. The highest BCUT2D eigenvalue weighted by molar-refractivity contribution is 5.91. The van der Waals surface area contributed by atoms with Gasteiger partial charge in [0.1, 0.15) is 5.75 Å². The largest absolute Gasteiger partial charge is 0.508 e. The number of phenolic OH excluding ortho intramolecular Hbond substituents is 1. The van der Waals surface area contributed by atoms with E-state index in [4.69, 9.17) is 0 Å². The molecule has 2 bridgehead atoms.